The van der Waals surface area contributed by atoms with Crippen LogP contribution in [0.5, 0.6) is 0 Å². The summed E-state index contributed by atoms with van der Waals surface area (Å²) in [5.41, 5.74) is 5.25. The summed E-state index contributed by atoms with van der Waals surface area (Å²) in [7, 11) is -1.01. The van der Waals surface area contributed by atoms with Crippen LogP contribution < -0.4 is 0 Å². The van der Waals surface area contributed by atoms with Gasteiger partial charge in [-0.15, -0.1) is 0 Å². The summed E-state index contributed by atoms with van der Waals surface area (Å²) in [4.78, 5) is 0.938. The summed E-state index contributed by atoms with van der Waals surface area (Å²) in [5.74, 6) is 0.529. The minimum atomic E-state index is -1.01. The highest BCUT2D eigenvalue weighted by atomic mass is 35.5. The Hall–Kier alpha value is -1.58. The fourth-order valence-electron chi connectivity index (χ4n) is 4.18. The van der Waals surface area contributed by atoms with E-state index in [9.17, 15) is 4.21 Å². The molecule has 0 aliphatic heterocycles. The zero-order valence-electron chi connectivity index (χ0n) is 14.6. The number of para-hydroxylation sites is 1. The van der Waals surface area contributed by atoms with Gasteiger partial charge in [-0.2, -0.15) is 0 Å². The molecule has 0 amide bonds. The van der Waals surface area contributed by atoms with Crippen LogP contribution in [0.15, 0.2) is 47.4 Å². The van der Waals surface area contributed by atoms with Crippen LogP contribution in [0.3, 0.4) is 0 Å². The lowest BCUT2D eigenvalue weighted by atomic mass is 9.88. The molecule has 130 valence electrons. The van der Waals surface area contributed by atoms with Gasteiger partial charge in [-0.25, -0.2) is 0 Å². The van der Waals surface area contributed by atoms with Crippen LogP contribution in [0.2, 0.25) is 5.02 Å². The van der Waals surface area contributed by atoms with E-state index in [1.165, 1.54) is 35.0 Å². The number of fused-ring (bicyclic) bond motifs is 3. The standard InChI is InChI=1S/C21H22ClNOS/c1-14-5-3-6-17-18-7-4-8-19(25(2)24)21(18)23(20(14)17)13-15-9-11-16(22)12-10-15/h4,7-12,14H,3,5-6,13H2,1-2H3/t14-,25?/m0/s1. The molecule has 1 aliphatic rings. The molecule has 2 atom stereocenters. The highest BCUT2D eigenvalue weighted by molar-refractivity contribution is 7.84. The number of aromatic nitrogens is 1. The summed E-state index contributed by atoms with van der Waals surface area (Å²) in [6, 6.07) is 14.3. The molecule has 0 N–H and O–H groups in total. The third-order valence-corrected chi connectivity index (χ3v) is 6.49. The number of aryl methyl sites for hydroxylation is 1. The molecule has 0 fully saturated rings. The molecule has 1 aliphatic carbocycles. The predicted octanol–water partition coefficient (Wildman–Crippen LogP) is 5.52. The number of rotatable bonds is 3. The molecule has 2 aromatic carbocycles. The van der Waals surface area contributed by atoms with Crippen molar-refractivity contribution in [2.45, 2.75) is 43.5 Å². The normalized spacial score (nSPS) is 18.3. The maximum Gasteiger partial charge on any atom is 0.0652 e. The number of halogens is 1. The van der Waals surface area contributed by atoms with E-state index in [-0.39, 0.29) is 0 Å². The Morgan fingerprint density at radius 3 is 2.68 bits per heavy atom. The number of hydrogen-bond donors (Lipinski definition) is 0. The van der Waals surface area contributed by atoms with Crippen molar-refractivity contribution >= 4 is 33.3 Å². The fourth-order valence-corrected chi connectivity index (χ4v) is 5.07. The molecule has 0 radical (unpaired) electrons. The van der Waals surface area contributed by atoms with Crippen molar-refractivity contribution in [3.8, 4) is 0 Å². The summed E-state index contributed by atoms with van der Waals surface area (Å²) >= 11 is 6.05. The number of nitrogens with zero attached hydrogens (tertiary/aromatic N) is 1. The van der Waals surface area contributed by atoms with Crippen molar-refractivity contribution in [2.75, 3.05) is 6.26 Å². The quantitative estimate of drug-likeness (QED) is 0.594. The van der Waals surface area contributed by atoms with E-state index in [0.717, 1.165) is 28.4 Å². The lowest BCUT2D eigenvalue weighted by molar-refractivity contribution is 0.551. The molecule has 25 heavy (non-hydrogen) atoms. The highest BCUT2D eigenvalue weighted by Crippen LogP contribution is 2.40. The predicted molar refractivity (Wildman–Crippen MR) is 106 cm³/mol. The minimum Gasteiger partial charge on any atom is -0.339 e. The molecule has 0 saturated carbocycles. The van der Waals surface area contributed by atoms with Gasteiger partial charge >= 0.3 is 0 Å². The first-order valence-electron chi connectivity index (χ1n) is 8.78. The van der Waals surface area contributed by atoms with Crippen molar-refractivity contribution in [2.24, 2.45) is 0 Å². The second-order valence-corrected chi connectivity index (χ2v) is 8.76. The largest absolute Gasteiger partial charge is 0.339 e. The molecule has 1 aromatic heterocycles. The van der Waals surface area contributed by atoms with E-state index >= 15 is 0 Å². The van der Waals surface area contributed by atoms with Gasteiger partial charge in [0.1, 0.15) is 0 Å². The van der Waals surface area contributed by atoms with Gasteiger partial charge in [0, 0.05) is 28.9 Å². The van der Waals surface area contributed by atoms with E-state index < -0.39 is 10.8 Å². The first-order chi connectivity index (χ1) is 12.1. The molecule has 4 rings (SSSR count). The van der Waals surface area contributed by atoms with Crippen molar-refractivity contribution in [3.63, 3.8) is 0 Å². The van der Waals surface area contributed by atoms with Crippen LogP contribution in [0.25, 0.3) is 10.9 Å². The van der Waals surface area contributed by atoms with Gasteiger partial charge in [0.15, 0.2) is 0 Å². The second kappa shape index (κ2) is 6.62. The molecular weight excluding hydrogens is 350 g/mol. The Morgan fingerprint density at radius 1 is 1.20 bits per heavy atom. The summed E-state index contributed by atoms with van der Waals surface area (Å²) in [6.07, 6.45) is 5.34. The molecule has 1 unspecified atom stereocenters. The van der Waals surface area contributed by atoms with Crippen LogP contribution in [0.4, 0.5) is 0 Å². The van der Waals surface area contributed by atoms with Crippen molar-refractivity contribution in [3.05, 3.63) is 64.3 Å². The number of benzene rings is 2. The highest BCUT2D eigenvalue weighted by Gasteiger charge is 2.26. The van der Waals surface area contributed by atoms with Crippen LogP contribution in [0, 0.1) is 0 Å². The molecule has 4 heteroatoms. The van der Waals surface area contributed by atoms with Crippen LogP contribution >= 0.6 is 11.6 Å². The van der Waals surface area contributed by atoms with E-state index in [1.807, 2.05) is 24.3 Å². The van der Waals surface area contributed by atoms with Gasteiger partial charge in [-0.05, 0) is 54.5 Å². The van der Waals surface area contributed by atoms with Gasteiger partial charge in [-0.1, -0.05) is 42.8 Å². The first kappa shape index (κ1) is 16.9. The molecular formula is C21H22ClNOS. The molecule has 3 aromatic rings. The monoisotopic (exact) mass is 371 g/mol. The second-order valence-electron chi connectivity index (χ2n) is 6.98. The maximum absolute atomic E-state index is 12.4. The summed E-state index contributed by atoms with van der Waals surface area (Å²) in [5, 5.41) is 2.04. The molecule has 0 spiro atoms. The minimum absolute atomic E-state index is 0.529. The average Bonchev–Trinajstić information content (AvgIpc) is 2.92. The third-order valence-electron chi connectivity index (χ3n) is 5.29. The lowest BCUT2D eigenvalue weighted by Crippen LogP contribution is -2.13. The van der Waals surface area contributed by atoms with Crippen molar-refractivity contribution < 1.29 is 4.21 Å². The fraction of sp³-hybridized carbons (Fsp3) is 0.333. The van der Waals surface area contributed by atoms with Gasteiger partial charge in [0.2, 0.25) is 0 Å². The van der Waals surface area contributed by atoms with Gasteiger partial charge in [0.05, 0.1) is 21.2 Å². The Bertz CT molecular complexity index is 958. The first-order valence-corrected chi connectivity index (χ1v) is 10.7. The zero-order chi connectivity index (χ0) is 17.6. The SMILES string of the molecule is C[C@H]1CCCc2c1n(Cc1ccc(Cl)cc1)c1c(S(C)=O)cccc21. The summed E-state index contributed by atoms with van der Waals surface area (Å²) in [6.45, 7) is 3.11. The maximum atomic E-state index is 12.4. The van der Waals surface area contributed by atoms with Crippen LogP contribution in [-0.4, -0.2) is 15.0 Å². The van der Waals surface area contributed by atoms with Gasteiger partial charge in [-0.3, -0.25) is 4.21 Å². The van der Waals surface area contributed by atoms with E-state index in [0.29, 0.717) is 5.92 Å². The topological polar surface area (TPSA) is 22.0 Å². The Kier molecular flexibility index (Phi) is 4.47. The van der Waals surface area contributed by atoms with Crippen molar-refractivity contribution in [1.29, 1.82) is 0 Å². The molecule has 2 nitrogen and oxygen atoms in total. The lowest BCUT2D eigenvalue weighted by Gasteiger charge is -2.23. The third kappa shape index (κ3) is 2.94. The molecule has 0 bridgehead atoms. The van der Waals surface area contributed by atoms with Gasteiger partial charge in [0.25, 0.3) is 0 Å². The van der Waals surface area contributed by atoms with Crippen LogP contribution in [0.1, 0.15) is 42.5 Å². The Labute approximate surface area is 156 Å². The molecule has 1 heterocycles. The average molecular weight is 372 g/mol. The zero-order valence-corrected chi connectivity index (χ0v) is 16.2. The van der Waals surface area contributed by atoms with E-state index in [4.69, 9.17) is 11.6 Å². The Morgan fingerprint density at radius 2 is 1.96 bits per heavy atom. The van der Waals surface area contributed by atoms with Crippen LogP contribution in [-0.2, 0) is 23.8 Å². The number of hydrogen-bond acceptors (Lipinski definition) is 1. The Balaban J connectivity index is 1.98. The van der Waals surface area contributed by atoms with Crippen molar-refractivity contribution in [1.82, 2.24) is 4.57 Å². The summed E-state index contributed by atoms with van der Waals surface area (Å²) < 4.78 is 14.8. The van der Waals surface area contributed by atoms with E-state index in [1.54, 1.807) is 6.26 Å². The molecule has 0 saturated heterocycles. The van der Waals surface area contributed by atoms with E-state index in [2.05, 4.69) is 29.7 Å². The smallest absolute Gasteiger partial charge is 0.0652 e. The van der Waals surface area contributed by atoms with Gasteiger partial charge < -0.3 is 4.57 Å².